The predicted octanol–water partition coefficient (Wildman–Crippen LogP) is 2.12. The Kier molecular flexibility index (Phi) is 6.14. The largest absolute Gasteiger partial charge is 1.00 e. The molecule has 2 heterocycles. The van der Waals surface area contributed by atoms with Crippen LogP contribution in [0.2, 0.25) is 0 Å². The number of furan rings is 1. The molecule has 31 heavy (non-hydrogen) atoms. The van der Waals surface area contributed by atoms with E-state index in [4.69, 9.17) is 4.42 Å². The fourth-order valence-electron chi connectivity index (χ4n) is 3.77. The van der Waals surface area contributed by atoms with Gasteiger partial charge in [0.2, 0.25) is 12.1 Å². The third-order valence-electron chi connectivity index (χ3n) is 5.24. The minimum absolute atomic E-state index is 0. The minimum atomic E-state index is 0. The number of Topliss-reactive ketones (excluding diaryl/α,β-unsaturated/α-hetero) is 1. The quantitative estimate of drug-likeness (QED) is 0.280. The molecule has 0 unspecified atom stereocenters. The second-order valence-electron chi connectivity index (χ2n) is 7.32. The molecular weight excluding hydrogens is 452 g/mol. The number of aromatic nitrogens is 2. The van der Waals surface area contributed by atoms with Crippen molar-refractivity contribution in [1.82, 2.24) is 4.57 Å². The van der Waals surface area contributed by atoms with Crippen molar-refractivity contribution >= 4 is 16.8 Å². The van der Waals surface area contributed by atoms with E-state index in [1.54, 1.807) is 0 Å². The number of carbonyl (C=O) groups is 1. The van der Waals surface area contributed by atoms with Crippen LogP contribution in [0, 0.1) is 0 Å². The molecule has 2 aromatic heterocycles. The van der Waals surface area contributed by atoms with Gasteiger partial charge in [0.1, 0.15) is 30.3 Å². The Morgan fingerprint density at radius 1 is 0.871 bits per heavy atom. The molecular formula is C26H21BrN2O2. The molecule has 0 bridgehead atoms. The maximum absolute atomic E-state index is 12.5. The number of fused-ring (bicyclic) bond motifs is 1. The smallest absolute Gasteiger partial charge is 0.244 e. The maximum Gasteiger partial charge on any atom is 0.244 e. The Labute approximate surface area is 191 Å². The zero-order chi connectivity index (χ0) is 20.3. The molecule has 4 nitrogen and oxygen atoms in total. The van der Waals surface area contributed by atoms with Gasteiger partial charge >= 0.3 is 0 Å². The summed E-state index contributed by atoms with van der Waals surface area (Å²) in [6, 6.07) is 27.7. The predicted molar refractivity (Wildman–Crippen MR) is 116 cm³/mol. The number of carbonyl (C=O) groups excluding carboxylic acids is 1. The van der Waals surface area contributed by atoms with Gasteiger partial charge in [-0.2, -0.15) is 0 Å². The minimum Gasteiger partial charge on any atom is -1.00 e. The van der Waals surface area contributed by atoms with Crippen molar-refractivity contribution in [3.8, 4) is 11.3 Å². The van der Waals surface area contributed by atoms with Gasteiger partial charge in [-0.15, -0.1) is 0 Å². The summed E-state index contributed by atoms with van der Waals surface area (Å²) in [6.45, 7) is 0.975. The zero-order valence-corrected chi connectivity index (χ0v) is 18.4. The molecule has 5 heteroatoms. The van der Waals surface area contributed by atoms with E-state index in [9.17, 15) is 4.79 Å². The van der Waals surface area contributed by atoms with E-state index in [0.717, 1.165) is 33.4 Å². The standard InChI is InChI=1S/C26H21N2O2.BrH/c29-24(20-9-3-1-4-10-20)18-28-16-15-27(19-28)17-23-22-13-7-8-14-25(22)30-26(23)21-11-5-2-6-12-21;/h1-16,19H,17-18H2;1H/q+1;/p-1. The van der Waals surface area contributed by atoms with Crippen molar-refractivity contribution in [2.45, 2.75) is 13.1 Å². The molecule has 0 N–H and O–H groups in total. The highest BCUT2D eigenvalue weighted by molar-refractivity contribution is 5.95. The molecule has 5 aromatic rings. The normalized spacial score (nSPS) is 10.7. The van der Waals surface area contributed by atoms with Crippen LogP contribution < -0.4 is 21.5 Å². The summed E-state index contributed by atoms with van der Waals surface area (Å²) in [5, 5.41) is 1.11. The number of benzene rings is 3. The van der Waals surface area contributed by atoms with Crippen LogP contribution in [-0.4, -0.2) is 10.4 Å². The molecule has 154 valence electrons. The lowest BCUT2D eigenvalue weighted by molar-refractivity contribution is -0.687. The molecule has 0 aliphatic rings. The first-order chi connectivity index (χ1) is 14.8. The molecule has 3 aromatic carbocycles. The first-order valence-corrected chi connectivity index (χ1v) is 9.97. The average molecular weight is 473 g/mol. The molecule has 0 aliphatic carbocycles. The second kappa shape index (κ2) is 9.14. The van der Waals surface area contributed by atoms with Crippen molar-refractivity contribution < 1.29 is 30.8 Å². The van der Waals surface area contributed by atoms with E-state index in [2.05, 4.69) is 22.8 Å². The number of nitrogens with zero attached hydrogens (tertiary/aromatic N) is 2. The van der Waals surface area contributed by atoms with Gasteiger partial charge in [0.05, 0.1) is 0 Å². The SMILES string of the molecule is O=C(Cn1cc[n+](Cc2c(-c3ccccc3)oc3ccccc23)c1)c1ccccc1.[Br-]. The summed E-state index contributed by atoms with van der Waals surface area (Å²) in [6.07, 6.45) is 5.90. The van der Waals surface area contributed by atoms with Gasteiger partial charge in [-0.3, -0.25) is 4.79 Å². The molecule has 0 aliphatic heterocycles. The molecule has 0 saturated carbocycles. The lowest BCUT2D eigenvalue weighted by Crippen LogP contribution is -3.00. The fourth-order valence-corrected chi connectivity index (χ4v) is 3.77. The lowest BCUT2D eigenvalue weighted by atomic mass is 10.1. The Bertz CT molecular complexity index is 1310. The Morgan fingerprint density at radius 3 is 2.32 bits per heavy atom. The summed E-state index contributed by atoms with van der Waals surface area (Å²) in [5.41, 5.74) is 3.80. The Hall–Kier alpha value is -3.44. The molecule has 0 atom stereocenters. The molecule has 0 spiro atoms. The Balaban J connectivity index is 0.00000231. The van der Waals surface area contributed by atoms with Crippen LogP contribution in [0.5, 0.6) is 0 Å². The highest BCUT2D eigenvalue weighted by Gasteiger charge is 2.19. The number of rotatable bonds is 6. The summed E-state index contributed by atoms with van der Waals surface area (Å²) in [7, 11) is 0. The zero-order valence-electron chi connectivity index (χ0n) is 16.8. The average Bonchev–Trinajstić information content (AvgIpc) is 3.40. The number of hydrogen-bond acceptors (Lipinski definition) is 2. The van der Waals surface area contributed by atoms with Gasteiger partial charge in [0.15, 0.2) is 6.54 Å². The lowest BCUT2D eigenvalue weighted by Gasteiger charge is -2.02. The molecule has 0 amide bonds. The number of para-hydroxylation sites is 1. The number of halogens is 1. The van der Waals surface area contributed by atoms with Crippen LogP contribution in [0.25, 0.3) is 22.3 Å². The van der Waals surface area contributed by atoms with Crippen molar-refractivity contribution in [1.29, 1.82) is 0 Å². The number of hydrogen-bond donors (Lipinski definition) is 0. The van der Waals surface area contributed by atoms with E-state index >= 15 is 0 Å². The molecule has 5 rings (SSSR count). The Morgan fingerprint density at radius 2 is 1.55 bits per heavy atom. The third-order valence-corrected chi connectivity index (χ3v) is 5.24. The van der Waals surface area contributed by atoms with Crippen LogP contribution in [-0.2, 0) is 13.1 Å². The fraction of sp³-hybridized carbons (Fsp3) is 0.0769. The highest BCUT2D eigenvalue weighted by Crippen LogP contribution is 2.33. The van der Waals surface area contributed by atoms with Crippen LogP contribution in [0.3, 0.4) is 0 Å². The van der Waals surface area contributed by atoms with Gasteiger partial charge in [0, 0.05) is 22.1 Å². The second-order valence-corrected chi connectivity index (χ2v) is 7.32. The van der Waals surface area contributed by atoms with E-state index in [1.165, 1.54) is 0 Å². The van der Waals surface area contributed by atoms with E-state index in [0.29, 0.717) is 13.1 Å². The van der Waals surface area contributed by atoms with Gasteiger partial charge in [-0.25, -0.2) is 9.13 Å². The monoisotopic (exact) mass is 472 g/mol. The van der Waals surface area contributed by atoms with E-state index < -0.39 is 0 Å². The van der Waals surface area contributed by atoms with E-state index in [-0.39, 0.29) is 22.8 Å². The molecule has 0 radical (unpaired) electrons. The summed E-state index contributed by atoms with van der Waals surface area (Å²) >= 11 is 0. The first kappa shape index (κ1) is 20.8. The van der Waals surface area contributed by atoms with Crippen molar-refractivity contribution in [3.63, 3.8) is 0 Å². The van der Waals surface area contributed by atoms with Gasteiger partial charge in [0.25, 0.3) is 0 Å². The number of ketones is 1. The number of imidazole rings is 1. The maximum atomic E-state index is 12.5. The summed E-state index contributed by atoms with van der Waals surface area (Å²) in [4.78, 5) is 12.5. The van der Waals surface area contributed by atoms with Crippen molar-refractivity contribution in [3.05, 3.63) is 115 Å². The van der Waals surface area contributed by atoms with Crippen LogP contribution in [0.15, 0.2) is 108 Å². The van der Waals surface area contributed by atoms with Crippen LogP contribution in [0.1, 0.15) is 15.9 Å². The van der Waals surface area contributed by atoms with Crippen molar-refractivity contribution in [2.75, 3.05) is 0 Å². The van der Waals surface area contributed by atoms with E-state index in [1.807, 2.05) is 90.0 Å². The third kappa shape index (κ3) is 4.37. The summed E-state index contributed by atoms with van der Waals surface area (Å²) < 4.78 is 10.2. The molecule has 0 saturated heterocycles. The molecule has 0 fully saturated rings. The first-order valence-electron chi connectivity index (χ1n) is 9.97. The topological polar surface area (TPSA) is 39.0 Å². The van der Waals surface area contributed by atoms with Gasteiger partial charge in [-0.1, -0.05) is 78.9 Å². The van der Waals surface area contributed by atoms with Crippen molar-refractivity contribution in [2.24, 2.45) is 0 Å². The van der Waals surface area contributed by atoms with Gasteiger partial charge < -0.3 is 21.4 Å². The highest BCUT2D eigenvalue weighted by atomic mass is 79.9. The van der Waals surface area contributed by atoms with Crippen LogP contribution >= 0.6 is 0 Å². The van der Waals surface area contributed by atoms with Crippen LogP contribution in [0.4, 0.5) is 0 Å². The summed E-state index contributed by atoms with van der Waals surface area (Å²) in [5.74, 6) is 0.981. The van der Waals surface area contributed by atoms with Gasteiger partial charge in [-0.05, 0) is 6.07 Å².